The molecular weight excluding hydrogens is 580 g/mol. The van der Waals surface area contributed by atoms with Gasteiger partial charge >= 0.3 is 0 Å². The topological polar surface area (TPSA) is 141 Å². The average molecular weight is 615 g/mol. The number of aromatic nitrogens is 1. The molecular formula is C30H34N2O10S. The lowest BCUT2D eigenvalue weighted by atomic mass is 10.1. The minimum Gasteiger partial charge on any atom is -0.496 e. The molecule has 0 saturated heterocycles. The number of carbonyl (C=O) groups is 1. The van der Waals surface area contributed by atoms with E-state index in [2.05, 4.69) is 10.3 Å². The van der Waals surface area contributed by atoms with E-state index >= 15 is 0 Å². The van der Waals surface area contributed by atoms with E-state index in [9.17, 15) is 13.2 Å². The van der Waals surface area contributed by atoms with Gasteiger partial charge in [-0.3, -0.25) is 4.79 Å². The molecule has 0 fully saturated rings. The van der Waals surface area contributed by atoms with Crippen LogP contribution < -0.4 is 38.5 Å². The summed E-state index contributed by atoms with van der Waals surface area (Å²) < 4.78 is 63.2. The Morgan fingerprint density at radius 2 is 1.40 bits per heavy atom. The van der Waals surface area contributed by atoms with Gasteiger partial charge in [-0.1, -0.05) is 0 Å². The minimum atomic E-state index is -3.76. The number of nitrogens with zero attached hydrogens (tertiary/aromatic N) is 1. The van der Waals surface area contributed by atoms with Crippen molar-refractivity contribution in [2.45, 2.75) is 5.75 Å². The molecule has 230 valence electrons. The maximum Gasteiger partial charge on any atom is 0.237 e. The van der Waals surface area contributed by atoms with Crippen LogP contribution in [0.2, 0.25) is 0 Å². The van der Waals surface area contributed by atoms with Crippen LogP contribution in [-0.4, -0.2) is 69.0 Å². The number of nitrogens with one attached hydrogen (secondary N) is 1. The maximum atomic E-state index is 13.0. The van der Waals surface area contributed by atoms with Crippen molar-refractivity contribution < 1.29 is 46.4 Å². The van der Waals surface area contributed by atoms with Gasteiger partial charge in [-0.25, -0.2) is 13.4 Å². The fourth-order valence-electron chi connectivity index (χ4n) is 4.02. The van der Waals surface area contributed by atoms with Gasteiger partial charge in [-0.15, -0.1) is 0 Å². The maximum absolute atomic E-state index is 13.0. The number of carbonyl (C=O) groups excluding carboxylic acids is 1. The van der Waals surface area contributed by atoms with Crippen LogP contribution in [0.25, 0.3) is 6.08 Å². The number of rotatable bonds is 15. The Morgan fingerprint density at radius 1 is 0.791 bits per heavy atom. The zero-order valence-corrected chi connectivity index (χ0v) is 25.7. The number of pyridine rings is 1. The Balaban J connectivity index is 1.81. The molecule has 0 aliphatic heterocycles. The van der Waals surface area contributed by atoms with Crippen LogP contribution in [0.1, 0.15) is 21.5 Å². The first-order chi connectivity index (χ1) is 20.6. The van der Waals surface area contributed by atoms with Gasteiger partial charge in [-0.05, 0) is 29.8 Å². The van der Waals surface area contributed by atoms with Gasteiger partial charge in [0, 0.05) is 41.6 Å². The van der Waals surface area contributed by atoms with Crippen molar-refractivity contribution in [3.05, 3.63) is 70.9 Å². The highest BCUT2D eigenvalue weighted by Crippen LogP contribution is 2.38. The first kappa shape index (κ1) is 32.6. The van der Waals surface area contributed by atoms with Gasteiger partial charge in [0.15, 0.2) is 27.1 Å². The molecule has 2 aromatic carbocycles. The van der Waals surface area contributed by atoms with Crippen LogP contribution in [0.4, 0.5) is 5.69 Å². The van der Waals surface area contributed by atoms with E-state index < -0.39 is 9.84 Å². The van der Waals surface area contributed by atoms with Crippen LogP contribution in [-0.2, 0) is 15.6 Å². The van der Waals surface area contributed by atoms with Crippen molar-refractivity contribution in [2.75, 3.05) is 55.1 Å². The molecule has 0 unspecified atom stereocenters. The number of ether oxygens (including phenoxy) is 7. The second kappa shape index (κ2) is 14.8. The number of benzene rings is 2. The molecule has 3 rings (SSSR count). The van der Waals surface area contributed by atoms with Crippen molar-refractivity contribution in [3.63, 3.8) is 0 Å². The van der Waals surface area contributed by atoms with Gasteiger partial charge in [0.2, 0.25) is 11.6 Å². The van der Waals surface area contributed by atoms with Crippen LogP contribution in [0.3, 0.4) is 0 Å². The molecule has 0 atom stereocenters. The Morgan fingerprint density at radius 3 is 1.91 bits per heavy atom. The molecule has 0 amide bonds. The normalized spacial score (nSPS) is 11.3. The third-order valence-electron chi connectivity index (χ3n) is 6.09. The highest BCUT2D eigenvalue weighted by molar-refractivity contribution is 7.93. The lowest BCUT2D eigenvalue weighted by Gasteiger charge is -2.13. The number of hydrogen-bond donors (Lipinski definition) is 1. The summed E-state index contributed by atoms with van der Waals surface area (Å²) in [6.45, 7) is 0. The van der Waals surface area contributed by atoms with Crippen molar-refractivity contribution in [1.29, 1.82) is 0 Å². The Bertz CT molecular complexity index is 1570. The molecule has 13 heteroatoms. The molecule has 12 nitrogen and oxygen atoms in total. The number of ketones is 1. The summed E-state index contributed by atoms with van der Waals surface area (Å²) in [5.74, 6) is 1.79. The number of allylic oxidation sites excluding steroid dienone is 1. The standard InChI is InChI=1S/C30H34N2O10S/c1-36-21-15-25(37-2)22(26(16-21)38-3)9-11-43(34,35)18-19-12-23(30(42-7)32-17-19)31-10-8-24(33)20-13-27(39-4)29(41-6)28(14-20)40-5/h8-17,31H,18H2,1-7H3/b10-8-,11-9+. The van der Waals surface area contributed by atoms with E-state index in [1.807, 2.05) is 0 Å². The quantitative estimate of drug-likeness (QED) is 0.190. The zero-order chi connectivity index (χ0) is 31.6. The van der Waals surface area contributed by atoms with Gasteiger partial charge in [0.25, 0.3) is 0 Å². The molecule has 0 spiro atoms. The van der Waals surface area contributed by atoms with Gasteiger partial charge in [0.1, 0.15) is 22.9 Å². The SMILES string of the molecule is COc1cc(OC)c(/C=C/S(=O)(=O)Cc2cnc(OC)c(N/C=C\C(=O)c3cc(OC)c(OC)c(OC)c3)c2)c(OC)c1. The average Bonchev–Trinajstić information content (AvgIpc) is 3.02. The highest BCUT2D eigenvalue weighted by Gasteiger charge is 2.17. The summed E-state index contributed by atoms with van der Waals surface area (Å²) in [7, 11) is 6.47. The number of hydrogen-bond acceptors (Lipinski definition) is 12. The predicted octanol–water partition coefficient (Wildman–Crippen LogP) is 4.54. The summed E-state index contributed by atoms with van der Waals surface area (Å²) in [6, 6.07) is 7.89. The zero-order valence-electron chi connectivity index (χ0n) is 24.9. The smallest absolute Gasteiger partial charge is 0.237 e. The van der Waals surface area contributed by atoms with Crippen LogP contribution in [0, 0.1) is 0 Å². The van der Waals surface area contributed by atoms with E-state index in [1.165, 1.54) is 86.5 Å². The number of anilines is 1. The lowest BCUT2D eigenvalue weighted by Crippen LogP contribution is -2.04. The molecule has 0 aliphatic rings. The van der Waals surface area contributed by atoms with Crippen molar-refractivity contribution in [1.82, 2.24) is 4.98 Å². The summed E-state index contributed by atoms with van der Waals surface area (Å²) in [4.78, 5) is 17.1. The van der Waals surface area contributed by atoms with E-state index in [4.69, 9.17) is 33.2 Å². The lowest BCUT2D eigenvalue weighted by molar-refractivity contribution is 0.104. The highest BCUT2D eigenvalue weighted by atomic mass is 32.2. The summed E-state index contributed by atoms with van der Waals surface area (Å²) in [5, 5.41) is 4.01. The predicted molar refractivity (Wildman–Crippen MR) is 162 cm³/mol. The van der Waals surface area contributed by atoms with E-state index in [0.29, 0.717) is 56.9 Å². The minimum absolute atomic E-state index is 0.203. The molecule has 0 bridgehead atoms. The van der Waals surface area contributed by atoms with Gasteiger partial charge in [0.05, 0.1) is 61.1 Å². The largest absolute Gasteiger partial charge is 0.496 e. The van der Waals surface area contributed by atoms with Crippen molar-refractivity contribution >= 4 is 27.4 Å². The Hall–Kier alpha value is -4.91. The van der Waals surface area contributed by atoms with E-state index in [1.54, 1.807) is 18.2 Å². The van der Waals surface area contributed by atoms with Crippen LogP contribution >= 0.6 is 0 Å². The van der Waals surface area contributed by atoms with Crippen LogP contribution in [0.15, 0.2) is 54.2 Å². The fraction of sp³-hybridized carbons (Fsp3) is 0.267. The number of methoxy groups -OCH3 is 7. The van der Waals surface area contributed by atoms with E-state index in [0.717, 1.165) is 5.41 Å². The molecule has 43 heavy (non-hydrogen) atoms. The number of sulfone groups is 1. The summed E-state index contributed by atoms with van der Waals surface area (Å²) >= 11 is 0. The first-order valence-electron chi connectivity index (χ1n) is 12.6. The summed E-state index contributed by atoms with van der Waals surface area (Å²) in [6.07, 6.45) is 5.49. The first-order valence-corrected chi connectivity index (χ1v) is 14.4. The molecule has 1 heterocycles. The molecule has 0 saturated carbocycles. The molecule has 0 aliphatic carbocycles. The van der Waals surface area contributed by atoms with E-state index in [-0.39, 0.29) is 17.4 Å². The molecule has 3 aromatic rings. The third kappa shape index (κ3) is 8.10. The Kier molecular flexibility index (Phi) is 11.2. The second-order valence-electron chi connectivity index (χ2n) is 8.71. The monoisotopic (exact) mass is 614 g/mol. The van der Waals surface area contributed by atoms with Crippen LogP contribution in [0.5, 0.6) is 40.4 Å². The molecule has 1 aromatic heterocycles. The molecule has 0 radical (unpaired) electrons. The van der Waals surface area contributed by atoms with Crippen molar-refractivity contribution in [3.8, 4) is 40.4 Å². The van der Waals surface area contributed by atoms with Gasteiger partial charge in [-0.2, -0.15) is 0 Å². The molecule has 1 N–H and O–H groups in total. The van der Waals surface area contributed by atoms with Crippen molar-refractivity contribution in [2.24, 2.45) is 0 Å². The Labute approximate surface area is 250 Å². The fourth-order valence-corrected chi connectivity index (χ4v) is 5.08. The second-order valence-corrected chi connectivity index (χ2v) is 10.6. The third-order valence-corrected chi connectivity index (χ3v) is 7.37. The van der Waals surface area contributed by atoms with Gasteiger partial charge < -0.3 is 38.5 Å². The summed E-state index contributed by atoms with van der Waals surface area (Å²) in [5.41, 5.74) is 1.47.